The molecule has 1 heterocycles. The number of nitrogens with one attached hydrogen (secondary N) is 2. The Morgan fingerprint density at radius 3 is 2.68 bits per heavy atom. The van der Waals surface area contributed by atoms with Crippen molar-refractivity contribution in [3.63, 3.8) is 0 Å². The second-order valence-electron chi connectivity index (χ2n) is 17.6. The maximum absolute atomic E-state index is 12.9. The highest BCUT2D eigenvalue weighted by molar-refractivity contribution is 5.74. The molecule has 0 amide bonds. The van der Waals surface area contributed by atoms with E-state index >= 15 is 0 Å². The summed E-state index contributed by atoms with van der Waals surface area (Å²) in [6.45, 7) is 12.6. The van der Waals surface area contributed by atoms with Gasteiger partial charge in [0.25, 0.3) is 0 Å². The first-order chi connectivity index (χ1) is 27.4. The zero-order chi connectivity index (χ0) is 41.2. The Kier molecular flexibility index (Phi) is 16.1. The first kappa shape index (κ1) is 45.1. The largest absolute Gasteiger partial charge is 0.396 e. The van der Waals surface area contributed by atoms with Crippen molar-refractivity contribution < 1.29 is 34.7 Å². The minimum absolute atomic E-state index is 0.0364. The van der Waals surface area contributed by atoms with Gasteiger partial charge in [-0.2, -0.15) is 0 Å². The van der Waals surface area contributed by atoms with Crippen molar-refractivity contribution in [1.82, 2.24) is 10.6 Å². The third-order valence-corrected chi connectivity index (χ3v) is 13.8. The summed E-state index contributed by atoms with van der Waals surface area (Å²) in [6, 6.07) is 8.89. The van der Waals surface area contributed by atoms with Gasteiger partial charge in [0.15, 0.2) is 0 Å². The summed E-state index contributed by atoms with van der Waals surface area (Å²) >= 11 is 0. The molecule has 6 N–H and O–H groups in total. The molecule has 9 heteroatoms. The van der Waals surface area contributed by atoms with Crippen LogP contribution in [-0.2, 0) is 27.1 Å². The summed E-state index contributed by atoms with van der Waals surface area (Å²) in [5.41, 5.74) is 5.04. The standard InChI is InChI=1S/C48H70N2O7/c1-33-13-14-39(26-36-10-8-11-37(25-36)27-46(4,50-29-33)21-24-56-6)34(2)9-7-12-41(31-57-32-53)42-17-19-48(45(42)54)44-38(18-23-51)15-16-40(43(44)35(3)30-52)28-47(48,55)20-22-49-5/h7-13,15-16,25,30,38-40,42,44-45,49-51,53-55H,2,14,17-24,26-29,31-32H2,1,3-6H3. The Morgan fingerprint density at radius 2 is 1.96 bits per heavy atom. The molecule has 0 aromatic heterocycles. The molecule has 314 valence electrons. The third kappa shape index (κ3) is 10.1. The molecule has 1 spiro atoms. The van der Waals surface area contributed by atoms with E-state index in [1.54, 1.807) is 7.11 Å². The first-order valence-corrected chi connectivity index (χ1v) is 21.1. The van der Waals surface area contributed by atoms with E-state index in [0.717, 1.165) is 55.2 Å². The van der Waals surface area contributed by atoms with Crippen LogP contribution in [-0.4, -0.2) is 97.8 Å². The second-order valence-corrected chi connectivity index (χ2v) is 17.6. The van der Waals surface area contributed by atoms with Crippen LogP contribution in [0.1, 0.15) is 76.8 Å². The number of carbonyl (C=O) groups is 1. The van der Waals surface area contributed by atoms with E-state index in [9.17, 15) is 25.2 Å². The molecule has 4 aliphatic rings. The van der Waals surface area contributed by atoms with Gasteiger partial charge < -0.3 is 40.5 Å². The Labute approximate surface area is 341 Å². The topological polar surface area (TPSA) is 141 Å². The Balaban J connectivity index is 1.46. The summed E-state index contributed by atoms with van der Waals surface area (Å²) in [7, 11) is 3.62. The van der Waals surface area contributed by atoms with Crippen LogP contribution in [0.15, 0.2) is 95.2 Å². The summed E-state index contributed by atoms with van der Waals surface area (Å²) in [5.74, 6) is -0.771. The number of hydrogen-bond acceptors (Lipinski definition) is 9. The van der Waals surface area contributed by atoms with Crippen molar-refractivity contribution in [2.45, 2.75) is 95.8 Å². The maximum atomic E-state index is 12.9. The lowest BCUT2D eigenvalue weighted by molar-refractivity contribution is -0.194. The molecular formula is C48H70N2O7. The van der Waals surface area contributed by atoms with Crippen molar-refractivity contribution in [2.24, 2.45) is 35.0 Å². The zero-order valence-electron chi connectivity index (χ0n) is 35.1. The number of rotatable bonds is 16. The van der Waals surface area contributed by atoms with Gasteiger partial charge in [0, 0.05) is 49.7 Å². The molecule has 0 radical (unpaired) electrons. The van der Waals surface area contributed by atoms with Gasteiger partial charge in [0.05, 0.1) is 18.3 Å². The smallest absolute Gasteiger partial charge is 0.145 e. The molecule has 2 fully saturated rings. The van der Waals surface area contributed by atoms with Crippen molar-refractivity contribution >= 4 is 6.29 Å². The number of hydrogen-bond donors (Lipinski definition) is 6. The third-order valence-electron chi connectivity index (χ3n) is 13.8. The molecule has 4 bridgehead atoms. The van der Waals surface area contributed by atoms with Crippen LogP contribution in [0.2, 0.25) is 0 Å². The number of ether oxygens (including phenoxy) is 2. The van der Waals surface area contributed by atoms with Crippen LogP contribution >= 0.6 is 0 Å². The van der Waals surface area contributed by atoms with Gasteiger partial charge in [-0.1, -0.05) is 84.0 Å². The predicted molar refractivity (Wildman–Crippen MR) is 227 cm³/mol. The van der Waals surface area contributed by atoms with Gasteiger partial charge in [0.1, 0.15) is 13.1 Å². The van der Waals surface area contributed by atoms with Crippen molar-refractivity contribution in [2.75, 3.05) is 53.9 Å². The highest BCUT2D eigenvalue weighted by Crippen LogP contribution is 2.67. The van der Waals surface area contributed by atoms with E-state index in [4.69, 9.17) is 9.47 Å². The van der Waals surface area contributed by atoms with Gasteiger partial charge in [-0.05, 0) is 132 Å². The Morgan fingerprint density at radius 1 is 1.18 bits per heavy atom. The zero-order valence-corrected chi connectivity index (χ0v) is 35.1. The lowest BCUT2D eigenvalue weighted by Crippen LogP contribution is -2.65. The van der Waals surface area contributed by atoms with Gasteiger partial charge in [-0.25, -0.2) is 0 Å². The number of benzene rings is 1. The van der Waals surface area contributed by atoms with E-state index in [1.807, 2.05) is 26.1 Å². The molecule has 1 aromatic rings. The molecule has 2 saturated carbocycles. The number of aldehydes is 1. The molecular weight excluding hydrogens is 717 g/mol. The average Bonchev–Trinajstić information content (AvgIpc) is 3.54. The summed E-state index contributed by atoms with van der Waals surface area (Å²) in [4.78, 5) is 12.4. The molecule has 1 aromatic carbocycles. The average molecular weight is 787 g/mol. The quantitative estimate of drug-likeness (QED) is 0.0395. The van der Waals surface area contributed by atoms with Gasteiger partial charge in [0.2, 0.25) is 0 Å². The summed E-state index contributed by atoms with van der Waals surface area (Å²) in [6.07, 6.45) is 18.5. The molecule has 1 aliphatic heterocycles. The van der Waals surface area contributed by atoms with Gasteiger partial charge in [-0.15, -0.1) is 0 Å². The Hall–Kier alpha value is -2.99. The SMILES string of the molecule is C=C(C=CC=C(COCO)C1CCC2(C1O)C1C(=C(C)C=O)C(C=CC1CCO)CC2(O)CCNC)C1CC=C(C)CNC(C)(CCOC)Cc2cccc(c2)C1. The predicted octanol–water partition coefficient (Wildman–Crippen LogP) is 5.95. The number of allylic oxidation sites excluding steroid dienone is 9. The van der Waals surface area contributed by atoms with Crippen molar-refractivity contribution in [1.29, 1.82) is 0 Å². The number of carbonyl (C=O) groups excluding carboxylic acids is 1. The van der Waals surface area contributed by atoms with Crippen LogP contribution in [0.3, 0.4) is 0 Å². The second kappa shape index (κ2) is 20.3. The van der Waals surface area contributed by atoms with Crippen molar-refractivity contribution in [3.05, 3.63) is 106 Å². The van der Waals surface area contributed by atoms with E-state index in [0.29, 0.717) is 50.8 Å². The maximum Gasteiger partial charge on any atom is 0.145 e. The fourth-order valence-corrected chi connectivity index (χ4v) is 10.8. The summed E-state index contributed by atoms with van der Waals surface area (Å²) in [5, 5.41) is 52.6. The first-order valence-electron chi connectivity index (χ1n) is 21.1. The fraction of sp³-hybridized carbons (Fsp3) is 0.604. The lowest BCUT2D eigenvalue weighted by atomic mass is 9.45. The molecule has 0 saturated heterocycles. The van der Waals surface area contributed by atoms with Crippen LogP contribution in [0.25, 0.3) is 0 Å². The number of fused-ring (bicyclic) bond motifs is 5. The highest BCUT2D eigenvalue weighted by atomic mass is 16.6. The van der Waals surface area contributed by atoms with E-state index in [-0.39, 0.29) is 48.3 Å². The minimum Gasteiger partial charge on any atom is -0.396 e. The van der Waals surface area contributed by atoms with Crippen LogP contribution < -0.4 is 10.6 Å². The lowest BCUT2D eigenvalue weighted by Gasteiger charge is -2.61. The molecule has 9 nitrogen and oxygen atoms in total. The molecule has 3 aliphatic carbocycles. The van der Waals surface area contributed by atoms with Crippen molar-refractivity contribution in [3.8, 4) is 0 Å². The highest BCUT2D eigenvalue weighted by Gasteiger charge is 2.68. The summed E-state index contributed by atoms with van der Waals surface area (Å²) < 4.78 is 11.1. The van der Waals surface area contributed by atoms with E-state index < -0.39 is 23.9 Å². The van der Waals surface area contributed by atoms with Crippen LogP contribution in [0.4, 0.5) is 0 Å². The molecule has 9 unspecified atom stereocenters. The molecule has 5 rings (SSSR count). The van der Waals surface area contributed by atoms with E-state index in [1.165, 1.54) is 16.7 Å². The van der Waals surface area contributed by atoms with Gasteiger partial charge in [-0.3, -0.25) is 4.79 Å². The number of methoxy groups -OCH3 is 1. The Bertz CT molecular complexity index is 1700. The van der Waals surface area contributed by atoms with Crippen LogP contribution in [0.5, 0.6) is 0 Å². The van der Waals surface area contributed by atoms with Crippen LogP contribution in [0, 0.1) is 35.0 Å². The molecule has 57 heavy (non-hydrogen) atoms. The number of aliphatic hydroxyl groups is 4. The normalized spacial score (nSPS) is 34.2. The van der Waals surface area contributed by atoms with E-state index in [2.05, 4.69) is 79.6 Å². The monoisotopic (exact) mass is 787 g/mol. The van der Waals surface area contributed by atoms with Gasteiger partial charge >= 0.3 is 0 Å². The number of aliphatic hydroxyl groups excluding tert-OH is 3. The minimum atomic E-state index is -1.23. The fourth-order valence-electron chi connectivity index (χ4n) is 10.8. The molecule has 9 atom stereocenters.